The lowest BCUT2D eigenvalue weighted by Gasteiger charge is -2.30. The Kier molecular flexibility index (Phi) is 3.59. The van der Waals surface area contributed by atoms with Crippen LogP contribution in [0.3, 0.4) is 0 Å². The number of hydrogen-bond donors (Lipinski definition) is 1. The average Bonchev–Trinajstić information content (AvgIpc) is 2.92. The largest absolute Gasteiger partial charge is 0.327 e. The van der Waals surface area contributed by atoms with Gasteiger partial charge in [-0.25, -0.2) is 13.4 Å². The molecule has 9 nitrogen and oxygen atoms in total. The minimum absolute atomic E-state index is 0.0557. The normalized spacial score (nSPS) is 17.9. The van der Waals surface area contributed by atoms with E-state index in [1.54, 1.807) is 6.07 Å². The number of H-pyrrole nitrogens is 1. The summed E-state index contributed by atoms with van der Waals surface area (Å²) in [6.07, 6.45) is 0. The fourth-order valence-corrected chi connectivity index (χ4v) is 3.75. The first-order chi connectivity index (χ1) is 10.4. The molecule has 1 aliphatic heterocycles. The van der Waals surface area contributed by atoms with Crippen LogP contribution in [0.1, 0.15) is 0 Å². The number of fused-ring (bicyclic) bond motifs is 1. The molecule has 1 fully saturated rings. The molecule has 1 N–H and O–H groups in total. The summed E-state index contributed by atoms with van der Waals surface area (Å²) in [5.74, 6) is 0. The molecule has 1 aliphatic rings. The molecule has 0 radical (unpaired) electrons. The molecule has 0 spiro atoms. The molecular weight excluding hydrogens is 310 g/mol. The van der Waals surface area contributed by atoms with Crippen LogP contribution in [-0.4, -0.2) is 65.7 Å². The maximum absolute atomic E-state index is 12.6. The highest BCUT2D eigenvalue weighted by atomic mass is 32.2. The summed E-state index contributed by atoms with van der Waals surface area (Å²) in [6.45, 7) is 2.02. The maximum Gasteiger partial charge on any atom is 0.297 e. The van der Waals surface area contributed by atoms with Crippen LogP contribution in [0, 0.1) is 10.1 Å². The first kappa shape index (κ1) is 14.9. The molecule has 1 saturated heterocycles. The quantitative estimate of drug-likeness (QED) is 0.646. The fraction of sp³-hybridized carbons (Fsp3) is 0.417. The van der Waals surface area contributed by atoms with Crippen LogP contribution in [0.15, 0.2) is 23.4 Å². The Hall–Kier alpha value is -2.04. The molecule has 2 heterocycles. The van der Waals surface area contributed by atoms with Crippen molar-refractivity contribution in [1.82, 2.24) is 19.2 Å². The van der Waals surface area contributed by atoms with Crippen molar-refractivity contribution in [1.29, 1.82) is 0 Å². The summed E-state index contributed by atoms with van der Waals surface area (Å²) in [4.78, 5) is 19.1. The molecule has 0 saturated carbocycles. The molecule has 118 valence electrons. The van der Waals surface area contributed by atoms with Gasteiger partial charge in [-0.3, -0.25) is 10.1 Å². The molecule has 10 heteroatoms. The lowest BCUT2D eigenvalue weighted by Crippen LogP contribution is -2.47. The van der Waals surface area contributed by atoms with Crippen molar-refractivity contribution in [3.05, 3.63) is 28.3 Å². The van der Waals surface area contributed by atoms with Gasteiger partial charge in [0.15, 0.2) is 5.52 Å². The predicted molar refractivity (Wildman–Crippen MR) is 79.0 cm³/mol. The van der Waals surface area contributed by atoms with Gasteiger partial charge in [0, 0.05) is 32.2 Å². The van der Waals surface area contributed by atoms with E-state index in [0.29, 0.717) is 31.7 Å². The molecular formula is C12H15N5O4S. The number of rotatable bonds is 3. The second-order valence-corrected chi connectivity index (χ2v) is 7.03. The number of likely N-dealkylation sites (N-methyl/N-ethyl adjacent to an activating group) is 1. The molecule has 2 aromatic rings. The third-order valence-corrected chi connectivity index (χ3v) is 5.44. The van der Waals surface area contributed by atoms with Crippen LogP contribution in [0.5, 0.6) is 0 Å². The van der Waals surface area contributed by atoms with E-state index in [4.69, 9.17) is 0 Å². The zero-order chi connectivity index (χ0) is 15.9. The number of nitro benzene ring substituents is 1. The lowest BCUT2D eigenvalue weighted by atomic mass is 10.3. The highest BCUT2D eigenvalue weighted by molar-refractivity contribution is 7.89. The van der Waals surface area contributed by atoms with E-state index in [1.807, 2.05) is 11.9 Å². The van der Waals surface area contributed by atoms with Crippen molar-refractivity contribution >= 4 is 26.7 Å². The van der Waals surface area contributed by atoms with Crippen molar-refractivity contribution in [2.75, 3.05) is 33.2 Å². The zero-order valence-corrected chi connectivity index (χ0v) is 12.7. The number of hydrogen-bond acceptors (Lipinski definition) is 6. The number of aromatic amines is 1. The van der Waals surface area contributed by atoms with Gasteiger partial charge in [-0.15, -0.1) is 0 Å². The van der Waals surface area contributed by atoms with Gasteiger partial charge in [-0.05, 0) is 13.1 Å². The number of nitrogens with one attached hydrogen (secondary N) is 1. The third kappa shape index (κ3) is 2.45. The number of nitrogens with zero attached hydrogens (tertiary/aromatic N) is 4. The maximum atomic E-state index is 12.6. The SMILES string of the molecule is CN1CCN(S(=O)(=O)c2nc3c([N+](=O)[O-])cccc3[nH]2)CC1. The Balaban J connectivity index is 2.03. The zero-order valence-electron chi connectivity index (χ0n) is 11.9. The Bertz CT molecular complexity index is 823. The van der Waals surface area contributed by atoms with Gasteiger partial charge in [-0.2, -0.15) is 4.31 Å². The Morgan fingerprint density at radius 3 is 2.59 bits per heavy atom. The van der Waals surface area contributed by atoms with Crippen LogP contribution in [0.25, 0.3) is 11.0 Å². The van der Waals surface area contributed by atoms with E-state index in [1.165, 1.54) is 16.4 Å². The Labute approximate surface area is 126 Å². The van der Waals surface area contributed by atoms with Gasteiger partial charge < -0.3 is 9.88 Å². The summed E-state index contributed by atoms with van der Waals surface area (Å²) < 4.78 is 26.5. The van der Waals surface area contributed by atoms with Gasteiger partial charge in [0.1, 0.15) is 0 Å². The van der Waals surface area contributed by atoms with Crippen LogP contribution < -0.4 is 0 Å². The molecule has 0 aliphatic carbocycles. The first-order valence-corrected chi connectivity index (χ1v) is 8.15. The smallest absolute Gasteiger partial charge is 0.297 e. The molecule has 1 aromatic heterocycles. The number of imidazole rings is 1. The van der Waals surface area contributed by atoms with E-state index >= 15 is 0 Å². The van der Waals surface area contributed by atoms with Gasteiger partial charge in [-0.1, -0.05) is 6.07 Å². The molecule has 22 heavy (non-hydrogen) atoms. The number of nitro groups is 1. The lowest BCUT2D eigenvalue weighted by molar-refractivity contribution is -0.383. The molecule has 1 aromatic carbocycles. The summed E-state index contributed by atoms with van der Waals surface area (Å²) in [6, 6.07) is 4.36. The molecule has 0 atom stereocenters. The van der Waals surface area contributed by atoms with Crippen LogP contribution >= 0.6 is 0 Å². The third-order valence-electron chi connectivity index (χ3n) is 3.71. The van der Waals surface area contributed by atoms with Crippen molar-refractivity contribution < 1.29 is 13.3 Å². The standard InChI is InChI=1S/C12H15N5O4S/c1-15-5-7-16(8-6-15)22(20,21)12-13-9-3-2-4-10(17(18)19)11(9)14-12/h2-4H,5-8H2,1H3,(H,13,14). The van der Waals surface area contributed by atoms with Crippen LogP contribution in [0.4, 0.5) is 5.69 Å². The Morgan fingerprint density at radius 2 is 1.95 bits per heavy atom. The summed E-state index contributed by atoms with van der Waals surface area (Å²) in [5, 5.41) is 10.7. The number of benzene rings is 1. The highest BCUT2D eigenvalue weighted by Crippen LogP contribution is 2.25. The van der Waals surface area contributed by atoms with E-state index in [2.05, 4.69) is 9.97 Å². The minimum Gasteiger partial charge on any atom is -0.327 e. The van der Waals surface area contributed by atoms with E-state index in [9.17, 15) is 18.5 Å². The topological polar surface area (TPSA) is 112 Å². The van der Waals surface area contributed by atoms with Gasteiger partial charge >= 0.3 is 0 Å². The van der Waals surface area contributed by atoms with E-state index in [-0.39, 0.29) is 16.4 Å². The summed E-state index contributed by atoms with van der Waals surface area (Å²) in [5.41, 5.74) is 0.177. The monoisotopic (exact) mass is 325 g/mol. The number of sulfonamides is 1. The fourth-order valence-electron chi connectivity index (χ4n) is 2.41. The summed E-state index contributed by atoms with van der Waals surface area (Å²) in [7, 11) is -1.85. The molecule has 3 rings (SSSR count). The van der Waals surface area contributed by atoms with Crippen molar-refractivity contribution in [3.8, 4) is 0 Å². The highest BCUT2D eigenvalue weighted by Gasteiger charge is 2.31. The molecule has 0 amide bonds. The number of non-ortho nitro benzene ring substituents is 1. The Morgan fingerprint density at radius 1 is 1.27 bits per heavy atom. The number of piperazine rings is 1. The first-order valence-electron chi connectivity index (χ1n) is 6.71. The summed E-state index contributed by atoms with van der Waals surface area (Å²) >= 11 is 0. The number of para-hydroxylation sites is 1. The van der Waals surface area contributed by atoms with Gasteiger partial charge in [0.25, 0.3) is 15.7 Å². The van der Waals surface area contributed by atoms with E-state index in [0.717, 1.165) is 0 Å². The van der Waals surface area contributed by atoms with Crippen LogP contribution in [0.2, 0.25) is 0 Å². The molecule has 0 bridgehead atoms. The minimum atomic E-state index is -3.77. The average molecular weight is 325 g/mol. The van der Waals surface area contributed by atoms with Crippen molar-refractivity contribution in [3.63, 3.8) is 0 Å². The predicted octanol–water partition coefficient (Wildman–Crippen LogP) is 0.407. The second kappa shape index (κ2) is 5.30. The number of aromatic nitrogens is 2. The van der Waals surface area contributed by atoms with Gasteiger partial charge in [0.2, 0.25) is 5.16 Å². The van der Waals surface area contributed by atoms with Crippen molar-refractivity contribution in [2.24, 2.45) is 0 Å². The van der Waals surface area contributed by atoms with Crippen molar-refractivity contribution in [2.45, 2.75) is 5.16 Å². The van der Waals surface area contributed by atoms with E-state index < -0.39 is 14.9 Å². The second-order valence-electron chi connectivity index (χ2n) is 5.18. The van der Waals surface area contributed by atoms with Crippen LogP contribution in [-0.2, 0) is 10.0 Å². The molecule has 0 unspecified atom stereocenters. The van der Waals surface area contributed by atoms with Gasteiger partial charge in [0.05, 0.1) is 10.4 Å².